The van der Waals surface area contributed by atoms with Gasteiger partial charge in [-0.25, -0.2) is 5.84 Å². The van der Waals surface area contributed by atoms with E-state index in [0.29, 0.717) is 0 Å². The molecule has 0 saturated heterocycles. The van der Waals surface area contributed by atoms with Gasteiger partial charge in [0.15, 0.2) is 0 Å². The van der Waals surface area contributed by atoms with Gasteiger partial charge in [0.2, 0.25) is 0 Å². The van der Waals surface area contributed by atoms with Gasteiger partial charge in [-0.1, -0.05) is 115 Å². The van der Waals surface area contributed by atoms with Crippen molar-refractivity contribution in [3.63, 3.8) is 0 Å². The zero-order valence-corrected chi connectivity index (χ0v) is 21.0. The van der Waals surface area contributed by atoms with E-state index >= 15 is 0 Å². The highest BCUT2D eigenvalue weighted by Crippen LogP contribution is 2.21. The highest BCUT2D eigenvalue weighted by Gasteiger charge is 2.09. The van der Waals surface area contributed by atoms with E-state index in [1.807, 2.05) is 85.8 Å². The molecule has 2 nitrogen and oxygen atoms in total. The predicted octanol–water partition coefficient (Wildman–Crippen LogP) is 8.76. The number of rotatable bonds is 8. The van der Waals surface area contributed by atoms with Crippen molar-refractivity contribution in [3.8, 4) is 0 Å². The third kappa shape index (κ3) is 13.6. The van der Waals surface area contributed by atoms with Crippen molar-refractivity contribution in [2.24, 2.45) is 5.84 Å². The molecule has 1 aromatic rings. The van der Waals surface area contributed by atoms with Crippen LogP contribution in [0.5, 0.6) is 0 Å². The molecule has 0 aliphatic heterocycles. The molecular weight excluding hydrogens is 364 g/mol. The molecule has 0 heterocycles. The molecule has 0 unspecified atom stereocenters. The van der Waals surface area contributed by atoms with Gasteiger partial charge in [0.1, 0.15) is 0 Å². The maximum atomic E-state index is 6.26. The van der Waals surface area contributed by atoms with E-state index in [2.05, 4.69) is 50.4 Å². The second-order valence-corrected chi connectivity index (χ2v) is 5.47. The van der Waals surface area contributed by atoms with E-state index in [4.69, 9.17) is 5.84 Å². The molecule has 0 saturated carbocycles. The van der Waals surface area contributed by atoms with Crippen LogP contribution in [0.2, 0.25) is 0 Å². The van der Waals surface area contributed by atoms with Gasteiger partial charge in [0, 0.05) is 0 Å². The van der Waals surface area contributed by atoms with Gasteiger partial charge < -0.3 is 0 Å². The Hall–Kier alpha value is -2.58. The van der Waals surface area contributed by atoms with Crippen molar-refractivity contribution in [3.05, 3.63) is 102 Å². The first kappa shape index (κ1) is 32.1. The Morgan fingerprint density at radius 1 is 1.00 bits per heavy atom. The Morgan fingerprint density at radius 3 is 2.07 bits per heavy atom. The van der Waals surface area contributed by atoms with Crippen molar-refractivity contribution in [1.82, 2.24) is 5.01 Å². The number of nitrogens with zero attached hydrogens (tertiary/aromatic N) is 1. The lowest BCUT2D eigenvalue weighted by atomic mass is 10.1. The van der Waals surface area contributed by atoms with Crippen LogP contribution < -0.4 is 5.84 Å². The van der Waals surface area contributed by atoms with Crippen molar-refractivity contribution < 1.29 is 0 Å². The van der Waals surface area contributed by atoms with E-state index in [1.54, 1.807) is 11.1 Å². The van der Waals surface area contributed by atoms with Crippen LogP contribution in [0.4, 0.5) is 0 Å². The molecule has 0 aliphatic carbocycles. The van der Waals surface area contributed by atoms with E-state index < -0.39 is 0 Å². The van der Waals surface area contributed by atoms with Gasteiger partial charge in [0.05, 0.1) is 11.4 Å². The molecule has 30 heavy (non-hydrogen) atoms. The number of aryl methyl sites for hydroxylation is 1. The van der Waals surface area contributed by atoms with E-state index in [-0.39, 0.29) is 0 Å². The summed E-state index contributed by atoms with van der Waals surface area (Å²) in [6.45, 7) is 25.8. The normalized spacial score (nSPS) is 10.9. The number of benzene rings is 1. The summed E-state index contributed by atoms with van der Waals surface area (Å²) in [7, 11) is 0. The minimum atomic E-state index is 0.743. The third-order valence-corrected chi connectivity index (χ3v) is 3.64. The molecule has 2 heteroatoms. The summed E-state index contributed by atoms with van der Waals surface area (Å²) in [6, 6.07) is 8.27. The molecule has 1 aromatic carbocycles. The van der Waals surface area contributed by atoms with Crippen molar-refractivity contribution in [2.45, 2.75) is 68.7 Å². The number of nitrogens with two attached hydrogens (primary N) is 1. The van der Waals surface area contributed by atoms with Gasteiger partial charge in [-0.05, 0) is 50.5 Å². The molecule has 2 N–H and O–H groups in total. The summed E-state index contributed by atoms with van der Waals surface area (Å²) in [4.78, 5) is 0. The summed E-state index contributed by atoms with van der Waals surface area (Å²) >= 11 is 0. The molecule has 168 valence electrons. The lowest BCUT2D eigenvalue weighted by molar-refractivity contribution is 0.536. The first-order valence-electron chi connectivity index (χ1n) is 11.1. The van der Waals surface area contributed by atoms with E-state index in [0.717, 1.165) is 23.4 Å². The van der Waals surface area contributed by atoms with Crippen molar-refractivity contribution in [2.75, 3.05) is 0 Å². The second kappa shape index (κ2) is 22.7. The molecule has 0 radical (unpaired) electrons. The lowest BCUT2D eigenvalue weighted by Gasteiger charge is -2.22. The van der Waals surface area contributed by atoms with Crippen LogP contribution >= 0.6 is 0 Å². The minimum Gasteiger partial charge on any atom is -0.280 e. The van der Waals surface area contributed by atoms with Gasteiger partial charge in [-0.15, -0.1) is 0 Å². The zero-order valence-electron chi connectivity index (χ0n) is 21.0. The summed E-state index contributed by atoms with van der Waals surface area (Å²) in [6.07, 6.45) is 14.7. The average Bonchev–Trinajstić information content (AvgIpc) is 2.80. The molecule has 0 atom stereocenters. The summed E-state index contributed by atoms with van der Waals surface area (Å²) < 4.78 is 0. The van der Waals surface area contributed by atoms with Gasteiger partial charge in [-0.3, -0.25) is 5.01 Å². The maximum Gasteiger partial charge on any atom is 0.0604 e. The Morgan fingerprint density at radius 2 is 1.60 bits per heavy atom. The van der Waals surface area contributed by atoms with Gasteiger partial charge in [0.25, 0.3) is 0 Å². The van der Waals surface area contributed by atoms with E-state index in [1.165, 1.54) is 11.1 Å². The third-order valence-electron chi connectivity index (χ3n) is 3.64. The van der Waals surface area contributed by atoms with E-state index in [9.17, 15) is 0 Å². The molecule has 0 aromatic heterocycles. The fraction of sp³-hybridized carbons (Fsp3) is 0.357. The second-order valence-electron chi connectivity index (χ2n) is 5.47. The minimum absolute atomic E-state index is 0.743. The Labute approximate surface area is 187 Å². The Balaban J connectivity index is -0.00000111. The van der Waals surface area contributed by atoms with Crippen molar-refractivity contribution in [1.29, 1.82) is 0 Å². The quantitative estimate of drug-likeness (QED) is 0.263. The Bertz CT molecular complexity index is 688. The first-order valence-corrected chi connectivity index (χ1v) is 11.1. The van der Waals surface area contributed by atoms with Crippen LogP contribution in [0, 0.1) is 6.92 Å². The zero-order chi connectivity index (χ0) is 23.9. The molecule has 0 aliphatic rings. The molecular formula is C28H46N2. The van der Waals surface area contributed by atoms with Crippen LogP contribution in [-0.2, 0) is 0 Å². The highest BCUT2D eigenvalue weighted by atomic mass is 15.4. The number of hydrogen-bond donors (Lipinski definition) is 1. The van der Waals surface area contributed by atoms with Crippen LogP contribution in [0.3, 0.4) is 0 Å². The number of allylic oxidation sites excluding steroid dienone is 8. The fourth-order valence-electron chi connectivity index (χ4n) is 2.29. The molecule has 0 fully saturated rings. The van der Waals surface area contributed by atoms with Crippen molar-refractivity contribution >= 4 is 5.70 Å². The van der Waals surface area contributed by atoms with Crippen LogP contribution in [0.15, 0.2) is 91.2 Å². The van der Waals surface area contributed by atoms with Gasteiger partial charge in [-0.2, -0.15) is 0 Å². The highest BCUT2D eigenvalue weighted by molar-refractivity contribution is 5.65. The largest absolute Gasteiger partial charge is 0.280 e. The molecule has 0 bridgehead atoms. The average molecular weight is 411 g/mol. The Kier molecular flexibility index (Phi) is 24.3. The molecule has 0 amide bonds. The standard InChI is InChI=1S/C22H28N2.3C2H6/c1-6-9-14-20(7-2)15-11-13-19(5)24(23)22(8-3)21-16-10-12-18(4)17-21;3*1-2/h6-14,16-17H,1,5,15,23H2,2-4H3;3*1-2H3/b13-11-,14-9-,20-7+,22-8-;;;. The summed E-state index contributed by atoms with van der Waals surface area (Å²) in [5.41, 5.74) is 5.18. The summed E-state index contributed by atoms with van der Waals surface area (Å²) in [5, 5.41) is 1.63. The van der Waals surface area contributed by atoms with Crippen LogP contribution in [-0.4, -0.2) is 5.01 Å². The number of hydrazine groups is 1. The predicted molar refractivity (Wildman–Crippen MR) is 141 cm³/mol. The first-order chi connectivity index (χ1) is 14.5. The number of hydrogen-bond acceptors (Lipinski definition) is 2. The lowest BCUT2D eigenvalue weighted by Crippen LogP contribution is -2.27. The fourth-order valence-corrected chi connectivity index (χ4v) is 2.29. The SMILES string of the molecule is C=C/C=C\C(=C/C)C/C=C\C(=C)N(N)/C(=C\C)c1cccc(C)c1.CC.CC.CC. The van der Waals surface area contributed by atoms with Crippen LogP contribution in [0.1, 0.15) is 72.9 Å². The monoisotopic (exact) mass is 410 g/mol. The molecule has 0 spiro atoms. The van der Waals surface area contributed by atoms with Crippen LogP contribution in [0.25, 0.3) is 5.70 Å². The topological polar surface area (TPSA) is 29.3 Å². The molecule has 1 rings (SSSR count). The summed E-state index contributed by atoms with van der Waals surface area (Å²) in [5.74, 6) is 6.26. The van der Waals surface area contributed by atoms with Gasteiger partial charge >= 0.3 is 0 Å². The maximum absolute atomic E-state index is 6.26. The smallest absolute Gasteiger partial charge is 0.0604 e.